The highest BCUT2D eigenvalue weighted by molar-refractivity contribution is 5.69. The van der Waals surface area contributed by atoms with Gasteiger partial charge in [-0.3, -0.25) is 4.79 Å². The lowest BCUT2D eigenvalue weighted by atomic mass is 10.1. The quantitative estimate of drug-likeness (QED) is 0.459. The Morgan fingerprint density at radius 3 is 2.53 bits per heavy atom. The van der Waals surface area contributed by atoms with Gasteiger partial charge in [0.15, 0.2) is 0 Å². The Balaban J connectivity index is 1.86. The van der Waals surface area contributed by atoms with Crippen molar-refractivity contribution in [1.29, 1.82) is 0 Å². The second kappa shape index (κ2) is 9.46. The molecule has 0 aromatic heterocycles. The summed E-state index contributed by atoms with van der Waals surface area (Å²) < 4.78 is 10.5. The molecule has 0 N–H and O–H groups in total. The summed E-state index contributed by atoms with van der Waals surface area (Å²) in [6.45, 7) is 3.54. The molecule has 0 aromatic rings. The standard InChI is InChI=1S/C14H26O3/c1-2-3-4-5-6-7-8-9-14(15)17-13-10-11-16-12-13/h13H,2-12H2,1H3/t13-/m1/s1. The molecule has 1 rings (SSSR count). The van der Waals surface area contributed by atoms with Crippen molar-refractivity contribution in [2.45, 2.75) is 70.8 Å². The van der Waals surface area contributed by atoms with Gasteiger partial charge < -0.3 is 9.47 Å². The summed E-state index contributed by atoms with van der Waals surface area (Å²) in [7, 11) is 0. The highest BCUT2D eigenvalue weighted by atomic mass is 16.6. The number of ether oxygens (including phenoxy) is 2. The first kappa shape index (κ1) is 14.5. The molecule has 1 fully saturated rings. The highest BCUT2D eigenvalue weighted by Crippen LogP contribution is 2.12. The van der Waals surface area contributed by atoms with Gasteiger partial charge in [-0.2, -0.15) is 0 Å². The summed E-state index contributed by atoms with van der Waals surface area (Å²) >= 11 is 0. The van der Waals surface area contributed by atoms with Gasteiger partial charge in [0.2, 0.25) is 0 Å². The average molecular weight is 242 g/mol. The third-order valence-corrected chi connectivity index (χ3v) is 3.17. The topological polar surface area (TPSA) is 35.5 Å². The van der Waals surface area contributed by atoms with E-state index in [1.165, 1.54) is 32.1 Å². The molecule has 0 amide bonds. The SMILES string of the molecule is CCCCCCCCCC(=O)O[C@@H]1CCOC1. The second-order valence-electron chi connectivity index (χ2n) is 4.85. The third-order valence-electron chi connectivity index (χ3n) is 3.17. The maximum absolute atomic E-state index is 11.5. The molecular formula is C14H26O3. The molecule has 3 heteroatoms. The Morgan fingerprint density at radius 2 is 1.88 bits per heavy atom. The van der Waals surface area contributed by atoms with Crippen LogP contribution in [0.15, 0.2) is 0 Å². The molecule has 0 aliphatic carbocycles. The maximum Gasteiger partial charge on any atom is 0.306 e. The zero-order valence-electron chi connectivity index (χ0n) is 11.1. The van der Waals surface area contributed by atoms with Crippen LogP contribution in [0.1, 0.15) is 64.7 Å². The first-order valence-electron chi connectivity index (χ1n) is 7.10. The first-order chi connectivity index (χ1) is 8.33. The van der Waals surface area contributed by atoms with Gasteiger partial charge in [0.25, 0.3) is 0 Å². The summed E-state index contributed by atoms with van der Waals surface area (Å²) in [5, 5.41) is 0. The van der Waals surface area contributed by atoms with Gasteiger partial charge in [0.05, 0.1) is 13.2 Å². The largest absolute Gasteiger partial charge is 0.460 e. The first-order valence-corrected chi connectivity index (χ1v) is 7.10. The van der Waals surface area contributed by atoms with E-state index in [1.807, 2.05) is 0 Å². The lowest BCUT2D eigenvalue weighted by Gasteiger charge is -2.09. The lowest BCUT2D eigenvalue weighted by molar-refractivity contribution is -0.149. The van der Waals surface area contributed by atoms with Crippen LogP contribution >= 0.6 is 0 Å². The van der Waals surface area contributed by atoms with Crippen LogP contribution < -0.4 is 0 Å². The normalized spacial score (nSPS) is 19.5. The minimum atomic E-state index is -0.0472. The molecule has 3 nitrogen and oxygen atoms in total. The average Bonchev–Trinajstić information content (AvgIpc) is 2.80. The van der Waals surface area contributed by atoms with Crippen molar-refractivity contribution in [1.82, 2.24) is 0 Å². The van der Waals surface area contributed by atoms with E-state index in [0.29, 0.717) is 13.0 Å². The van der Waals surface area contributed by atoms with Crippen molar-refractivity contribution < 1.29 is 14.3 Å². The smallest absolute Gasteiger partial charge is 0.306 e. The van der Waals surface area contributed by atoms with Crippen molar-refractivity contribution in [3.05, 3.63) is 0 Å². The van der Waals surface area contributed by atoms with E-state index in [0.717, 1.165) is 25.9 Å². The third kappa shape index (κ3) is 7.37. The number of unbranched alkanes of at least 4 members (excludes halogenated alkanes) is 6. The van der Waals surface area contributed by atoms with E-state index >= 15 is 0 Å². The Bertz CT molecular complexity index is 198. The van der Waals surface area contributed by atoms with Crippen molar-refractivity contribution >= 4 is 5.97 Å². The van der Waals surface area contributed by atoms with Gasteiger partial charge in [-0.15, -0.1) is 0 Å². The molecule has 100 valence electrons. The predicted octanol–water partition coefficient (Wildman–Crippen LogP) is 3.46. The van der Waals surface area contributed by atoms with Crippen molar-refractivity contribution in [2.24, 2.45) is 0 Å². The molecular weight excluding hydrogens is 216 g/mol. The molecule has 0 saturated carbocycles. The van der Waals surface area contributed by atoms with Crippen molar-refractivity contribution in [3.63, 3.8) is 0 Å². The fourth-order valence-electron chi connectivity index (χ4n) is 2.08. The number of esters is 1. The van der Waals surface area contributed by atoms with Gasteiger partial charge in [-0.05, 0) is 6.42 Å². The lowest BCUT2D eigenvalue weighted by Crippen LogP contribution is -2.17. The number of hydrogen-bond acceptors (Lipinski definition) is 3. The zero-order chi connectivity index (χ0) is 12.3. The molecule has 0 aromatic carbocycles. The van der Waals surface area contributed by atoms with Gasteiger partial charge >= 0.3 is 5.97 Å². The Hall–Kier alpha value is -0.570. The van der Waals surface area contributed by atoms with E-state index in [9.17, 15) is 4.79 Å². The fraction of sp³-hybridized carbons (Fsp3) is 0.929. The fourth-order valence-corrected chi connectivity index (χ4v) is 2.08. The molecule has 0 radical (unpaired) electrons. The van der Waals surface area contributed by atoms with Gasteiger partial charge in [-0.25, -0.2) is 0 Å². The summed E-state index contributed by atoms with van der Waals surface area (Å²) in [6, 6.07) is 0. The number of carbonyl (C=O) groups is 1. The summed E-state index contributed by atoms with van der Waals surface area (Å²) in [6.07, 6.45) is 10.1. The van der Waals surface area contributed by atoms with Gasteiger partial charge in [0.1, 0.15) is 6.10 Å². The van der Waals surface area contributed by atoms with Crippen LogP contribution in [-0.2, 0) is 14.3 Å². The Labute approximate surface area is 105 Å². The second-order valence-corrected chi connectivity index (χ2v) is 4.85. The Morgan fingerprint density at radius 1 is 1.18 bits per heavy atom. The van der Waals surface area contributed by atoms with Crippen molar-refractivity contribution in [3.8, 4) is 0 Å². The summed E-state index contributed by atoms with van der Waals surface area (Å²) in [5.74, 6) is -0.0472. The molecule has 0 bridgehead atoms. The molecule has 0 unspecified atom stereocenters. The van der Waals surface area contributed by atoms with Crippen molar-refractivity contribution in [2.75, 3.05) is 13.2 Å². The zero-order valence-corrected chi connectivity index (χ0v) is 11.1. The minimum absolute atomic E-state index is 0.0204. The summed E-state index contributed by atoms with van der Waals surface area (Å²) in [5.41, 5.74) is 0. The number of carbonyl (C=O) groups excluding carboxylic acids is 1. The van der Waals surface area contributed by atoms with Crippen LogP contribution in [0, 0.1) is 0 Å². The van der Waals surface area contributed by atoms with E-state index in [2.05, 4.69) is 6.92 Å². The Kier molecular flexibility index (Phi) is 8.06. The summed E-state index contributed by atoms with van der Waals surface area (Å²) in [4.78, 5) is 11.5. The molecule has 17 heavy (non-hydrogen) atoms. The van der Waals surface area contributed by atoms with E-state index in [4.69, 9.17) is 9.47 Å². The van der Waals surface area contributed by atoms with Crippen LogP contribution in [0.25, 0.3) is 0 Å². The van der Waals surface area contributed by atoms with Gasteiger partial charge in [0, 0.05) is 12.8 Å². The van der Waals surface area contributed by atoms with Crippen LogP contribution in [0.5, 0.6) is 0 Å². The molecule has 1 saturated heterocycles. The van der Waals surface area contributed by atoms with Crippen LogP contribution in [0.3, 0.4) is 0 Å². The predicted molar refractivity (Wildman–Crippen MR) is 67.9 cm³/mol. The number of rotatable bonds is 9. The molecule has 1 atom stereocenters. The van der Waals surface area contributed by atoms with Crippen LogP contribution in [0.2, 0.25) is 0 Å². The van der Waals surface area contributed by atoms with Crippen LogP contribution in [0.4, 0.5) is 0 Å². The van der Waals surface area contributed by atoms with E-state index in [1.54, 1.807) is 0 Å². The van der Waals surface area contributed by atoms with E-state index in [-0.39, 0.29) is 12.1 Å². The molecule has 1 aliphatic rings. The van der Waals surface area contributed by atoms with Crippen LogP contribution in [-0.4, -0.2) is 25.3 Å². The van der Waals surface area contributed by atoms with E-state index < -0.39 is 0 Å². The molecule has 1 aliphatic heterocycles. The monoisotopic (exact) mass is 242 g/mol. The molecule has 0 spiro atoms. The highest BCUT2D eigenvalue weighted by Gasteiger charge is 2.19. The van der Waals surface area contributed by atoms with Gasteiger partial charge in [-0.1, -0.05) is 45.4 Å². The molecule has 1 heterocycles. The number of hydrogen-bond donors (Lipinski definition) is 0. The maximum atomic E-state index is 11.5. The minimum Gasteiger partial charge on any atom is -0.460 e.